The van der Waals surface area contributed by atoms with Gasteiger partial charge >= 0.3 is 0 Å². The zero-order valence-corrected chi connectivity index (χ0v) is 16.7. The van der Waals surface area contributed by atoms with Crippen LogP contribution in [0, 0.1) is 17.8 Å². The van der Waals surface area contributed by atoms with E-state index in [0.29, 0.717) is 59.0 Å². The fourth-order valence-corrected chi connectivity index (χ4v) is 2.22. The summed E-state index contributed by atoms with van der Waals surface area (Å²) >= 11 is 0. The zero-order chi connectivity index (χ0) is 20.9. The molecule has 0 aromatic carbocycles. The van der Waals surface area contributed by atoms with Crippen LogP contribution in [0.2, 0.25) is 0 Å². The number of hydrogen-bond acceptors (Lipinski definition) is 8. The lowest BCUT2D eigenvalue weighted by atomic mass is 9.84. The summed E-state index contributed by atoms with van der Waals surface area (Å²) in [5.41, 5.74) is 4.73. The highest BCUT2D eigenvalue weighted by atomic mass is 16.6. The summed E-state index contributed by atoms with van der Waals surface area (Å²) in [4.78, 5) is 11.8. The van der Waals surface area contributed by atoms with E-state index in [1.807, 2.05) is 0 Å². The number of ether oxygens (including phenoxy) is 4. The predicted octanol–water partition coefficient (Wildman–Crippen LogP) is -1.10. The highest BCUT2D eigenvalue weighted by Crippen LogP contribution is 2.21. The Kier molecular flexibility index (Phi) is 18.2. The SMILES string of the molecule is C#CCOCCOCCOCCOCCC(=O)NCC(CO)(CO)CCCN. The van der Waals surface area contributed by atoms with Gasteiger partial charge in [0.05, 0.1) is 59.5 Å². The monoisotopic (exact) mass is 404 g/mol. The molecule has 0 saturated heterocycles. The molecule has 164 valence electrons. The van der Waals surface area contributed by atoms with Crippen LogP contribution in [0.25, 0.3) is 0 Å². The van der Waals surface area contributed by atoms with Crippen LogP contribution in [0.4, 0.5) is 0 Å². The highest BCUT2D eigenvalue weighted by Gasteiger charge is 2.28. The Morgan fingerprint density at radius 3 is 2.00 bits per heavy atom. The molecule has 9 nitrogen and oxygen atoms in total. The fraction of sp³-hybridized carbons (Fsp3) is 0.842. The number of terminal acetylenes is 1. The molecular weight excluding hydrogens is 368 g/mol. The molecule has 9 heteroatoms. The highest BCUT2D eigenvalue weighted by molar-refractivity contribution is 5.76. The lowest BCUT2D eigenvalue weighted by Gasteiger charge is -2.29. The molecule has 28 heavy (non-hydrogen) atoms. The molecule has 0 aromatic heterocycles. The molecule has 1 amide bonds. The van der Waals surface area contributed by atoms with Crippen molar-refractivity contribution in [3.05, 3.63) is 0 Å². The number of hydrogen-bond donors (Lipinski definition) is 4. The third-order valence-corrected chi connectivity index (χ3v) is 4.02. The van der Waals surface area contributed by atoms with E-state index >= 15 is 0 Å². The lowest BCUT2D eigenvalue weighted by Crippen LogP contribution is -2.43. The summed E-state index contributed by atoms with van der Waals surface area (Å²) in [5.74, 6) is 2.18. The first-order valence-corrected chi connectivity index (χ1v) is 9.57. The van der Waals surface area contributed by atoms with Gasteiger partial charge in [-0.1, -0.05) is 5.92 Å². The summed E-state index contributed by atoms with van der Waals surface area (Å²) in [6.45, 7) is 3.45. The molecule has 0 bridgehead atoms. The number of nitrogens with one attached hydrogen (secondary N) is 1. The van der Waals surface area contributed by atoms with Gasteiger partial charge in [0.15, 0.2) is 0 Å². The van der Waals surface area contributed by atoms with Crippen LogP contribution in [0.1, 0.15) is 19.3 Å². The van der Waals surface area contributed by atoms with Gasteiger partial charge in [0.1, 0.15) is 6.61 Å². The van der Waals surface area contributed by atoms with Gasteiger partial charge in [0.2, 0.25) is 5.91 Å². The Labute approximate surface area is 167 Å². The molecule has 0 spiro atoms. The minimum Gasteiger partial charge on any atom is -0.396 e. The van der Waals surface area contributed by atoms with Crippen molar-refractivity contribution in [3.63, 3.8) is 0 Å². The van der Waals surface area contributed by atoms with E-state index in [2.05, 4.69) is 11.2 Å². The summed E-state index contributed by atoms with van der Waals surface area (Å²) in [6.07, 6.45) is 6.46. The number of carbonyl (C=O) groups is 1. The molecule has 0 atom stereocenters. The number of aliphatic hydroxyl groups excluding tert-OH is 2. The van der Waals surface area contributed by atoms with Gasteiger partial charge in [0, 0.05) is 18.4 Å². The quantitative estimate of drug-likeness (QED) is 0.149. The molecule has 0 rings (SSSR count). The van der Waals surface area contributed by atoms with Crippen LogP contribution in [0.15, 0.2) is 0 Å². The standard InChI is InChI=1S/C19H36N2O7/c1-2-7-25-9-11-27-13-14-28-12-10-26-8-4-18(24)21-15-19(16-22,17-23)5-3-6-20/h1,22-23H,3-17,20H2,(H,21,24). The average Bonchev–Trinajstić information content (AvgIpc) is 2.72. The maximum absolute atomic E-state index is 11.8. The largest absolute Gasteiger partial charge is 0.396 e. The first kappa shape index (κ1) is 26.8. The Bertz CT molecular complexity index is 412. The fourth-order valence-electron chi connectivity index (χ4n) is 2.22. The summed E-state index contributed by atoms with van der Waals surface area (Å²) in [7, 11) is 0. The molecule has 0 unspecified atom stereocenters. The first-order valence-electron chi connectivity index (χ1n) is 9.57. The van der Waals surface area contributed by atoms with Crippen LogP contribution >= 0.6 is 0 Å². The minimum atomic E-state index is -0.737. The molecule has 0 radical (unpaired) electrons. The van der Waals surface area contributed by atoms with E-state index in [9.17, 15) is 15.0 Å². The zero-order valence-electron chi connectivity index (χ0n) is 16.7. The van der Waals surface area contributed by atoms with E-state index in [-0.39, 0.29) is 45.3 Å². The molecule has 0 aliphatic heterocycles. The Balaban J connectivity index is 3.55. The van der Waals surface area contributed by atoms with Crippen molar-refractivity contribution in [1.29, 1.82) is 0 Å². The van der Waals surface area contributed by atoms with Gasteiger partial charge in [-0.15, -0.1) is 6.42 Å². The smallest absolute Gasteiger partial charge is 0.222 e. The van der Waals surface area contributed by atoms with E-state index in [4.69, 9.17) is 31.1 Å². The molecule has 0 aromatic rings. The third kappa shape index (κ3) is 14.8. The summed E-state index contributed by atoms with van der Waals surface area (Å²) in [6, 6.07) is 0. The summed E-state index contributed by atoms with van der Waals surface area (Å²) < 4.78 is 21.0. The lowest BCUT2D eigenvalue weighted by molar-refractivity contribution is -0.123. The van der Waals surface area contributed by atoms with Crippen LogP contribution in [0.3, 0.4) is 0 Å². The molecular formula is C19H36N2O7. The van der Waals surface area contributed by atoms with Crippen LogP contribution in [-0.4, -0.2) is 95.3 Å². The van der Waals surface area contributed by atoms with Gasteiger partial charge in [-0.05, 0) is 19.4 Å². The molecule has 5 N–H and O–H groups in total. The summed E-state index contributed by atoms with van der Waals surface area (Å²) in [5, 5.41) is 21.7. The predicted molar refractivity (Wildman–Crippen MR) is 105 cm³/mol. The molecule has 0 fully saturated rings. The topological polar surface area (TPSA) is 132 Å². The van der Waals surface area contributed by atoms with E-state index in [1.54, 1.807) is 0 Å². The van der Waals surface area contributed by atoms with E-state index in [1.165, 1.54) is 0 Å². The van der Waals surface area contributed by atoms with Gasteiger partial charge in [-0.25, -0.2) is 0 Å². The van der Waals surface area contributed by atoms with Crippen molar-refractivity contribution in [2.75, 3.05) is 79.2 Å². The second-order valence-corrected chi connectivity index (χ2v) is 6.33. The number of rotatable bonds is 20. The van der Waals surface area contributed by atoms with Crippen LogP contribution in [-0.2, 0) is 23.7 Å². The first-order chi connectivity index (χ1) is 13.6. The van der Waals surface area contributed by atoms with Crippen molar-refractivity contribution in [2.45, 2.75) is 19.3 Å². The molecule has 0 aliphatic rings. The number of aliphatic hydroxyl groups is 2. The second-order valence-electron chi connectivity index (χ2n) is 6.33. The number of nitrogens with two attached hydrogens (primary N) is 1. The van der Waals surface area contributed by atoms with Gasteiger partial charge in [-0.3, -0.25) is 4.79 Å². The number of carbonyl (C=O) groups excluding carboxylic acids is 1. The normalized spacial score (nSPS) is 11.4. The molecule has 0 aliphatic carbocycles. The van der Waals surface area contributed by atoms with Crippen LogP contribution < -0.4 is 11.1 Å². The average molecular weight is 405 g/mol. The van der Waals surface area contributed by atoms with Gasteiger partial charge in [0.25, 0.3) is 0 Å². The molecule has 0 saturated carbocycles. The second kappa shape index (κ2) is 19.1. The Morgan fingerprint density at radius 2 is 1.50 bits per heavy atom. The van der Waals surface area contributed by atoms with Crippen molar-refractivity contribution in [2.24, 2.45) is 11.1 Å². The van der Waals surface area contributed by atoms with Crippen molar-refractivity contribution >= 4 is 5.91 Å². The van der Waals surface area contributed by atoms with E-state index < -0.39 is 5.41 Å². The number of amides is 1. The van der Waals surface area contributed by atoms with Crippen molar-refractivity contribution in [1.82, 2.24) is 5.32 Å². The van der Waals surface area contributed by atoms with Gasteiger partial charge < -0.3 is 40.2 Å². The third-order valence-electron chi connectivity index (χ3n) is 4.02. The maximum Gasteiger partial charge on any atom is 0.222 e. The maximum atomic E-state index is 11.8. The van der Waals surface area contributed by atoms with Crippen LogP contribution in [0.5, 0.6) is 0 Å². The molecule has 0 heterocycles. The van der Waals surface area contributed by atoms with Crippen molar-refractivity contribution in [3.8, 4) is 12.3 Å². The van der Waals surface area contributed by atoms with Gasteiger partial charge in [-0.2, -0.15) is 0 Å². The van der Waals surface area contributed by atoms with Crippen molar-refractivity contribution < 1.29 is 34.0 Å². The Morgan fingerprint density at radius 1 is 0.964 bits per heavy atom. The minimum absolute atomic E-state index is 0.194. The Hall–Kier alpha value is -1.25. The van der Waals surface area contributed by atoms with E-state index in [0.717, 1.165) is 0 Å².